The van der Waals surface area contributed by atoms with Crippen LogP contribution in [-0.4, -0.2) is 18.0 Å². The Morgan fingerprint density at radius 3 is 2.94 bits per heavy atom. The van der Waals surface area contributed by atoms with E-state index in [1.807, 2.05) is 0 Å². The maximum Gasteiger partial charge on any atom is 0.240 e. The van der Waals surface area contributed by atoms with Crippen molar-refractivity contribution in [3.8, 4) is 0 Å². The van der Waals surface area contributed by atoms with E-state index in [9.17, 15) is 4.79 Å². The molecule has 0 aromatic carbocycles. The quantitative estimate of drug-likeness (QED) is 0.752. The molecule has 2 fully saturated rings. The van der Waals surface area contributed by atoms with Crippen LogP contribution in [0, 0.1) is 11.8 Å². The minimum absolute atomic E-state index is 0.0721. The normalized spacial score (nSPS) is 33.3. The van der Waals surface area contributed by atoms with Crippen LogP contribution in [0.3, 0.4) is 0 Å². The first-order valence-electron chi connectivity index (χ1n) is 7.42. The van der Waals surface area contributed by atoms with Gasteiger partial charge in [0.25, 0.3) is 0 Å². The summed E-state index contributed by atoms with van der Waals surface area (Å²) in [5.74, 6) is 1.49. The van der Waals surface area contributed by atoms with E-state index in [1.54, 1.807) is 5.57 Å². The first kappa shape index (κ1) is 12.2. The first-order chi connectivity index (χ1) is 8.66. The van der Waals surface area contributed by atoms with Gasteiger partial charge in [0, 0.05) is 6.54 Å². The fraction of sp³-hybridized carbons (Fsp3) is 0.800. The van der Waals surface area contributed by atoms with E-state index >= 15 is 0 Å². The summed E-state index contributed by atoms with van der Waals surface area (Å²) in [6.07, 6.45) is 11.8. The molecule has 100 valence electrons. The lowest BCUT2D eigenvalue weighted by Gasteiger charge is -2.37. The predicted octanol–water partition coefficient (Wildman–Crippen LogP) is 2.12. The zero-order valence-corrected chi connectivity index (χ0v) is 11.1. The van der Waals surface area contributed by atoms with Gasteiger partial charge in [-0.05, 0) is 63.2 Å². The molecule has 0 radical (unpaired) electrons. The molecule has 3 aliphatic carbocycles. The Bertz CT molecular complexity index is 371. The lowest BCUT2D eigenvalue weighted by atomic mass is 9.74. The summed E-state index contributed by atoms with van der Waals surface area (Å²) in [5.41, 5.74) is 7.11. The zero-order chi connectivity index (χ0) is 12.6. The number of carbonyl (C=O) groups is 1. The van der Waals surface area contributed by atoms with Crippen LogP contribution in [0.1, 0.15) is 51.4 Å². The van der Waals surface area contributed by atoms with Crippen molar-refractivity contribution in [2.75, 3.05) is 6.54 Å². The fourth-order valence-corrected chi connectivity index (χ4v) is 3.70. The molecule has 3 N–H and O–H groups in total. The first-order valence-corrected chi connectivity index (χ1v) is 7.42. The second-order valence-corrected chi connectivity index (χ2v) is 6.50. The van der Waals surface area contributed by atoms with E-state index < -0.39 is 5.54 Å². The summed E-state index contributed by atoms with van der Waals surface area (Å²) in [7, 11) is 0. The molecule has 0 aromatic rings. The molecule has 3 nitrogen and oxygen atoms in total. The van der Waals surface area contributed by atoms with Crippen molar-refractivity contribution in [2.45, 2.75) is 56.9 Å². The molecule has 3 aliphatic rings. The number of hydrogen-bond donors (Lipinski definition) is 2. The molecule has 3 rings (SSSR count). The van der Waals surface area contributed by atoms with Gasteiger partial charge in [-0.1, -0.05) is 11.6 Å². The number of allylic oxidation sites excluding steroid dienone is 1. The number of hydrogen-bond acceptors (Lipinski definition) is 2. The summed E-state index contributed by atoms with van der Waals surface area (Å²) in [4.78, 5) is 12.0. The highest BCUT2D eigenvalue weighted by molar-refractivity contribution is 5.87. The highest BCUT2D eigenvalue weighted by atomic mass is 16.2. The molecule has 0 heterocycles. The Labute approximate surface area is 109 Å². The van der Waals surface area contributed by atoms with Gasteiger partial charge in [-0.25, -0.2) is 0 Å². The summed E-state index contributed by atoms with van der Waals surface area (Å²) in [6.45, 7) is 0.789. The number of amides is 1. The van der Waals surface area contributed by atoms with Crippen LogP contribution in [0.25, 0.3) is 0 Å². The maximum atomic E-state index is 12.0. The van der Waals surface area contributed by atoms with Crippen LogP contribution >= 0.6 is 0 Å². The van der Waals surface area contributed by atoms with Gasteiger partial charge in [0.1, 0.15) is 0 Å². The Hall–Kier alpha value is -0.830. The highest BCUT2D eigenvalue weighted by Gasteiger charge is 2.40. The molecule has 2 bridgehead atoms. The fourth-order valence-electron chi connectivity index (χ4n) is 3.70. The second kappa shape index (κ2) is 4.69. The van der Waals surface area contributed by atoms with Gasteiger partial charge >= 0.3 is 0 Å². The summed E-state index contributed by atoms with van der Waals surface area (Å²) in [5, 5.41) is 3.08. The maximum absolute atomic E-state index is 12.0. The standard InChI is InChI=1S/C15H24N2O/c16-15(5-2-6-15)14(18)17-10-13-8-11-3-1-4-12(7-11)9-13/h8,12-13H,1-7,9-10,16H2,(H,17,18)/t12-,13?/m0/s1. The minimum atomic E-state index is -0.544. The summed E-state index contributed by atoms with van der Waals surface area (Å²) < 4.78 is 0. The van der Waals surface area contributed by atoms with Crippen LogP contribution in [0.4, 0.5) is 0 Å². The van der Waals surface area contributed by atoms with Gasteiger partial charge in [0.05, 0.1) is 5.54 Å². The van der Waals surface area contributed by atoms with Gasteiger partial charge in [-0.15, -0.1) is 0 Å². The van der Waals surface area contributed by atoms with Crippen molar-refractivity contribution in [1.29, 1.82) is 0 Å². The van der Waals surface area contributed by atoms with E-state index in [4.69, 9.17) is 5.73 Å². The molecule has 2 atom stereocenters. The molecule has 1 unspecified atom stereocenters. The SMILES string of the molecule is NC1(C(=O)NCC2C=C3CCC[C@@H](C3)C2)CCC1. The van der Waals surface area contributed by atoms with E-state index in [0.717, 1.165) is 31.7 Å². The van der Waals surface area contributed by atoms with E-state index in [1.165, 1.54) is 32.1 Å². The van der Waals surface area contributed by atoms with Crippen LogP contribution < -0.4 is 11.1 Å². The van der Waals surface area contributed by atoms with Crippen LogP contribution in [0.15, 0.2) is 11.6 Å². The molecule has 3 heteroatoms. The van der Waals surface area contributed by atoms with Gasteiger partial charge in [-0.3, -0.25) is 4.79 Å². The van der Waals surface area contributed by atoms with E-state index in [0.29, 0.717) is 5.92 Å². The van der Waals surface area contributed by atoms with Crippen molar-refractivity contribution >= 4 is 5.91 Å². The van der Waals surface area contributed by atoms with Crippen molar-refractivity contribution in [2.24, 2.45) is 17.6 Å². The van der Waals surface area contributed by atoms with Crippen LogP contribution in [0.5, 0.6) is 0 Å². The monoisotopic (exact) mass is 248 g/mol. The lowest BCUT2D eigenvalue weighted by Crippen LogP contribution is -2.59. The van der Waals surface area contributed by atoms with Crippen LogP contribution in [0.2, 0.25) is 0 Å². The topological polar surface area (TPSA) is 55.1 Å². The molecule has 0 aliphatic heterocycles. The summed E-state index contributed by atoms with van der Waals surface area (Å²) in [6, 6.07) is 0. The van der Waals surface area contributed by atoms with E-state index in [-0.39, 0.29) is 5.91 Å². The zero-order valence-electron chi connectivity index (χ0n) is 11.1. The molecular weight excluding hydrogens is 224 g/mol. The Morgan fingerprint density at radius 1 is 1.44 bits per heavy atom. The number of rotatable bonds is 3. The third-order valence-electron chi connectivity index (χ3n) is 4.99. The Morgan fingerprint density at radius 2 is 2.28 bits per heavy atom. The average molecular weight is 248 g/mol. The molecule has 1 amide bonds. The van der Waals surface area contributed by atoms with Gasteiger partial charge < -0.3 is 11.1 Å². The number of nitrogens with one attached hydrogen (secondary N) is 1. The van der Waals surface area contributed by atoms with Crippen molar-refractivity contribution in [3.05, 3.63) is 11.6 Å². The Kier molecular flexibility index (Phi) is 3.18. The number of fused-ring (bicyclic) bond motifs is 2. The van der Waals surface area contributed by atoms with E-state index in [2.05, 4.69) is 11.4 Å². The average Bonchev–Trinajstić information content (AvgIpc) is 2.32. The second-order valence-electron chi connectivity index (χ2n) is 6.50. The van der Waals surface area contributed by atoms with Gasteiger partial charge in [-0.2, -0.15) is 0 Å². The molecule has 0 saturated heterocycles. The predicted molar refractivity (Wildman–Crippen MR) is 71.9 cm³/mol. The summed E-state index contributed by atoms with van der Waals surface area (Å²) >= 11 is 0. The van der Waals surface area contributed by atoms with Crippen molar-refractivity contribution in [1.82, 2.24) is 5.32 Å². The third-order valence-corrected chi connectivity index (χ3v) is 4.99. The van der Waals surface area contributed by atoms with Gasteiger partial charge in [0.15, 0.2) is 0 Å². The number of nitrogens with two attached hydrogens (primary N) is 1. The van der Waals surface area contributed by atoms with Crippen molar-refractivity contribution < 1.29 is 4.79 Å². The van der Waals surface area contributed by atoms with Crippen LogP contribution in [-0.2, 0) is 4.79 Å². The highest BCUT2D eigenvalue weighted by Crippen LogP contribution is 2.38. The van der Waals surface area contributed by atoms with Gasteiger partial charge in [0.2, 0.25) is 5.91 Å². The molecule has 2 saturated carbocycles. The largest absolute Gasteiger partial charge is 0.354 e. The minimum Gasteiger partial charge on any atom is -0.354 e. The Balaban J connectivity index is 1.53. The smallest absolute Gasteiger partial charge is 0.240 e. The van der Waals surface area contributed by atoms with Crippen molar-refractivity contribution in [3.63, 3.8) is 0 Å². The molecular formula is C15H24N2O. The molecule has 18 heavy (non-hydrogen) atoms. The lowest BCUT2D eigenvalue weighted by molar-refractivity contribution is -0.129. The number of carbonyl (C=O) groups excluding carboxylic acids is 1. The molecule has 0 aromatic heterocycles. The third kappa shape index (κ3) is 2.33. The molecule has 0 spiro atoms.